The van der Waals surface area contributed by atoms with Crippen molar-refractivity contribution in [2.24, 2.45) is 5.41 Å². The summed E-state index contributed by atoms with van der Waals surface area (Å²) >= 11 is 0. The molecule has 0 atom stereocenters. The Bertz CT molecular complexity index is 534. The summed E-state index contributed by atoms with van der Waals surface area (Å²) in [7, 11) is 0. The number of hydrogen-bond donors (Lipinski definition) is 0. The molecule has 6 nitrogen and oxygen atoms in total. The molecule has 6 heteroatoms. The minimum absolute atomic E-state index is 0.302. The lowest BCUT2D eigenvalue weighted by molar-refractivity contribution is 0.0151. The van der Waals surface area contributed by atoms with Gasteiger partial charge in [-0.05, 0) is 18.3 Å². The second kappa shape index (κ2) is 6.73. The fraction of sp³-hybridized carbons (Fsp3) is 0.889. The Morgan fingerprint density at radius 2 is 1.71 bits per heavy atom. The van der Waals surface area contributed by atoms with Crippen LogP contribution in [0.2, 0.25) is 0 Å². The van der Waals surface area contributed by atoms with Crippen molar-refractivity contribution < 1.29 is 4.74 Å². The standard InChI is InChI=1S/C18H31N5O/c1-18(2,14-22-9-11-24-12-10-22)13-21-6-5-16-19-17(15-3-4-15)20-23(16)8-7-21/h15H,3-14H2,1-2H3. The number of aromatic nitrogens is 3. The molecule has 2 aliphatic heterocycles. The van der Waals surface area contributed by atoms with E-state index in [9.17, 15) is 0 Å². The molecule has 3 heterocycles. The maximum atomic E-state index is 5.47. The molecule has 0 spiro atoms. The van der Waals surface area contributed by atoms with Gasteiger partial charge < -0.3 is 9.64 Å². The monoisotopic (exact) mass is 333 g/mol. The first kappa shape index (κ1) is 16.5. The quantitative estimate of drug-likeness (QED) is 0.814. The molecular formula is C18H31N5O. The molecule has 0 unspecified atom stereocenters. The summed E-state index contributed by atoms with van der Waals surface area (Å²) in [6.45, 7) is 14.2. The normalized spacial score (nSPS) is 23.9. The number of morpholine rings is 1. The summed E-state index contributed by atoms with van der Waals surface area (Å²) in [4.78, 5) is 9.96. The summed E-state index contributed by atoms with van der Waals surface area (Å²) in [6, 6.07) is 0. The molecule has 0 bridgehead atoms. The third-order valence-electron chi connectivity index (χ3n) is 5.39. The van der Waals surface area contributed by atoms with Crippen molar-refractivity contribution in [1.82, 2.24) is 24.6 Å². The van der Waals surface area contributed by atoms with Gasteiger partial charge in [0.25, 0.3) is 0 Å². The summed E-state index contributed by atoms with van der Waals surface area (Å²) in [6.07, 6.45) is 3.60. The molecule has 24 heavy (non-hydrogen) atoms. The lowest BCUT2D eigenvalue weighted by Gasteiger charge is -2.37. The van der Waals surface area contributed by atoms with Crippen molar-refractivity contribution >= 4 is 0 Å². The van der Waals surface area contributed by atoms with Gasteiger partial charge in [-0.3, -0.25) is 4.90 Å². The van der Waals surface area contributed by atoms with Gasteiger partial charge in [-0.25, -0.2) is 9.67 Å². The minimum Gasteiger partial charge on any atom is -0.379 e. The maximum absolute atomic E-state index is 5.47. The molecule has 4 rings (SSSR count). The zero-order valence-electron chi connectivity index (χ0n) is 15.2. The predicted molar refractivity (Wildman–Crippen MR) is 93.2 cm³/mol. The highest BCUT2D eigenvalue weighted by molar-refractivity contribution is 5.07. The predicted octanol–water partition coefficient (Wildman–Crippen LogP) is 1.37. The Hall–Kier alpha value is -0.980. The second-order valence-corrected chi connectivity index (χ2v) is 8.46. The summed E-state index contributed by atoms with van der Waals surface area (Å²) in [5.41, 5.74) is 0.302. The van der Waals surface area contributed by atoms with E-state index in [1.54, 1.807) is 0 Å². The highest BCUT2D eigenvalue weighted by Gasteiger charge is 2.31. The van der Waals surface area contributed by atoms with E-state index in [-0.39, 0.29) is 0 Å². The van der Waals surface area contributed by atoms with Gasteiger partial charge >= 0.3 is 0 Å². The maximum Gasteiger partial charge on any atom is 0.154 e. The largest absolute Gasteiger partial charge is 0.379 e. The van der Waals surface area contributed by atoms with Crippen LogP contribution in [0.5, 0.6) is 0 Å². The van der Waals surface area contributed by atoms with Crippen molar-refractivity contribution in [2.75, 3.05) is 52.5 Å². The number of ether oxygens (including phenoxy) is 1. The molecule has 1 saturated heterocycles. The highest BCUT2D eigenvalue weighted by Crippen LogP contribution is 2.38. The third kappa shape index (κ3) is 3.98. The molecule has 0 N–H and O–H groups in total. The number of nitrogens with zero attached hydrogens (tertiary/aromatic N) is 5. The van der Waals surface area contributed by atoms with Crippen LogP contribution >= 0.6 is 0 Å². The van der Waals surface area contributed by atoms with E-state index in [0.717, 1.165) is 71.3 Å². The van der Waals surface area contributed by atoms with E-state index >= 15 is 0 Å². The highest BCUT2D eigenvalue weighted by atomic mass is 16.5. The molecular weight excluding hydrogens is 302 g/mol. The zero-order valence-corrected chi connectivity index (χ0v) is 15.2. The molecule has 0 amide bonds. The van der Waals surface area contributed by atoms with Crippen LogP contribution in [-0.4, -0.2) is 77.0 Å². The van der Waals surface area contributed by atoms with Gasteiger partial charge in [-0.1, -0.05) is 13.8 Å². The van der Waals surface area contributed by atoms with Crippen molar-refractivity contribution in [2.45, 2.75) is 45.6 Å². The van der Waals surface area contributed by atoms with Crippen LogP contribution in [0, 0.1) is 5.41 Å². The summed E-state index contributed by atoms with van der Waals surface area (Å²) in [5.74, 6) is 2.96. The first-order valence-corrected chi connectivity index (χ1v) is 9.55. The van der Waals surface area contributed by atoms with Crippen LogP contribution in [0.25, 0.3) is 0 Å². The van der Waals surface area contributed by atoms with E-state index < -0.39 is 0 Å². The molecule has 1 saturated carbocycles. The van der Waals surface area contributed by atoms with Gasteiger partial charge in [-0.15, -0.1) is 0 Å². The van der Waals surface area contributed by atoms with Crippen LogP contribution in [0.15, 0.2) is 0 Å². The van der Waals surface area contributed by atoms with Crippen molar-refractivity contribution in [1.29, 1.82) is 0 Å². The Labute approximate surface area is 145 Å². The Morgan fingerprint density at radius 3 is 2.42 bits per heavy atom. The van der Waals surface area contributed by atoms with Gasteiger partial charge in [0.2, 0.25) is 0 Å². The Morgan fingerprint density at radius 1 is 1.00 bits per heavy atom. The molecule has 2 fully saturated rings. The first-order chi connectivity index (χ1) is 11.6. The SMILES string of the molecule is CC(C)(CN1CCOCC1)CN1CCc2nc(C3CC3)nn2CC1. The number of hydrogen-bond acceptors (Lipinski definition) is 5. The Kier molecular flexibility index (Phi) is 4.62. The average Bonchev–Trinajstić information content (AvgIpc) is 3.34. The summed E-state index contributed by atoms with van der Waals surface area (Å²) in [5, 5.41) is 4.75. The van der Waals surface area contributed by atoms with Crippen molar-refractivity contribution in [3.05, 3.63) is 11.6 Å². The van der Waals surface area contributed by atoms with E-state index in [2.05, 4.69) is 28.3 Å². The molecule has 1 aliphatic carbocycles. The van der Waals surface area contributed by atoms with Crippen LogP contribution in [-0.2, 0) is 17.7 Å². The lowest BCUT2D eigenvalue weighted by Crippen LogP contribution is -2.46. The van der Waals surface area contributed by atoms with Crippen LogP contribution in [0.1, 0.15) is 44.3 Å². The van der Waals surface area contributed by atoms with Gasteiger partial charge in [0.15, 0.2) is 5.82 Å². The average molecular weight is 333 g/mol. The number of rotatable bonds is 5. The molecule has 1 aromatic heterocycles. The smallest absolute Gasteiger partial charge is 0.154 e. The summed E-state index contributed by atoms with van der Waals surface area (Å²) < 4.78 is 7.64. The fourth-order valence-electron chi connectivity index (χ4n) is 4.06. The van der Waals surface area contributed by atoms with Crippen LogP contribution in [0.3, 0.4) is 0 Å². The number of fused-ring (bicyclic) bond motifs is 1. The molecule has 0 aromatic carbocycles. The van der Waals surface area contributed by atoms with Gasteiger partial charge in [0, 0.05) is 51.6 Å². The van der Waals surface area contributed by atoms with Crippen molar-refractivity contribution in [3.63, 3.8) is 0 Å². The van der Waals surface area contributed by atoms with Crippen LogP contribution in [0.4, 0.5) is 0 Å². The third-order valence-corrected chi connectivity index (χ3v) is 5.39. The molecule has 1 aromatic rings. The molecule has 134 valence electrons. The topological polar surface area (TPSA) is 46.4 Å². The van der Waals surface area contributed by atoms with Gasteiger partial charge in [-0.2, -0.15) is 5.10 Å². The van der Waals surface area contributed by atoms with Crippen molar-refractivity contribution in [3.8, 4) is 0 Å². The van der Waals surface area contributed by atoms with E-state index in [1.807, 2.05) is 0 Å². The molecule has 0 radical (unpaired) electrons. The van der Waals surface area contributed by atoms with E-state index in [0.29, 0.717) is 11.3 Å². The minimum atomic E-state index is 0.302. The Balaban J connectivity index is 1.31. The second-order valence-electron chi connectivity index (χ2n) is 8.46. The lowest BCUT2D eigenvalue weighted by atomic mass is 9.91. The van der Waals surface area contributed by atoms with Crippen LogP contribution < -0.4 is 0 Å². The molecule has 3 aliphatic rings. The zero-order chi connectivity index (χ0) is 16.6. The van der Waals surface area contributed by atoms with Gasteiger partial charge in [0.05, 0.1) is 19.8 Å². The van der Waals surface area contributed by atoms with E-state index in [1.165, 1.54) is 18.7 Å². The first-order valence-electron chi connectivity index (χ1n) is 9.55. The van der Waals surface area contributed by atoms with Gasteiger partial charge in [0.1, 0.15) is 5.82 Å². The van der Waals surface area contributed by atoms with E-state index in [4.69, 9.17) is 14.8 Å². The fourth-order valence-corrected chi connectivity index (χ4v) is 4.06.